The van der Waals surface area contributed by atoms with E-state index in [2.05, 4.69) is 10.6 Å². The van der Waals surface area contributed by atoms with Crippen LogP contribution in [0.2, 0.25) is 0 Å². The van der Waals surface area contributed by atoms with Crippen LogP contribution < -0.4 is 15.4 Å². The number of likely N-dealkylation sites (N-methyl/N-ethyl adjacent to an activating group) is 1. The zero-order chi connectivity index (χ0) is 19.8. The van der Waals surface area contributed by atoms with Crippen LogP contribution in [0.4, 0.5) is 4.39 Å². The third-order valence-corrected chi connectivity index (χ3v) is 4.11. The average molecular weight is 373 g/mol. The second-order valence-electron chi connectivity index (χ2n) is 6.25. The fourth-order valence-corrected chi connectivity index (χ4v) is 2.58. The highest BCUT2D eigenvalue weighted by Gasteiger charge is 2.16. The van der Waals surface area contributed by atoms with Gasteiger partial charge < -0.3 is 20.3 Å². The Labute approximate surface area is 158 Å². The Hall–Kier alpha value is -2.93. The number of hydrogen-bond donors (Lipinski definition) is 2. The number of rotatable bonds is 8. The molecule has 2 aromatic rings. The van der Waals surface area contributed by atoms with Gasteiger partial charge in [0.2, 0.25) is 5.91 Å². The normalized spacial score (nSPS) is 11.7. The number of ether oxygens (including phenoxy) is 1. The molecule has 0 aliphatic heterocycles. The topological polar surface area (TPSA) is 70.7 Å². The summed E-state index contributed by atoms with van der Waals surface area (Å²) in [5, 5.41) is 5.34. The fourth-order valence-electron chi connectivity index (χ4n) is 2.58. The molecule has 2 aromatic carbocycles. The van der Waals surface area contributed by atoms with Crippen molar-refractivity contribution in [3.8, 4) is 5.75 Å². The summed E-state index contributed by atoms with van der Waals surface area (Å²) in [5.74, 6) is -0.406. The Bertz CT molecular complexity index is 778. The molecule has 0 radical (unpaired) electrons. The maximum absolute atomic E-state index is 12.9. The van der Waals surface area contributed by atoms with Crippen molar-refractivity contribution in [3.05, 3.63) is 65.5 Å². The minimum absolute atomic E-state index is 0.0446. The number of carbonyl (C=O) groups excluding carboxylic acids is 2. The maximum atomic E-state index is 12.9. The Morgan fingerprint density at radius 2 is 1.81 bits per heavy atom. The van der Waals surface area contributed by atoms with E-state index in [1.54, 1.807) is 7.11 Å². The van der Waals surface area contributed by atoms with Crippen LogP contribution in [-0.4, -0.2) is 51.0 Å². The van der Waals surface area contributed by atoms with Crippen LogP contribution in [-0.2, 0) is 4.79 Å². The molecule has 2 N–H and O–H groups in total. The van der Waals surface area contributed by atoms with Crippen molar-refractivity contribution in [2.45, 2.75) is 6.04 Å². The van der Waals surface area contributed by atoms with Gasteiger partial charge in [-0.1, -0.05) is 12.1 Å². The van der Waals surface area contributed by atoms with Crippen LogP contribution in [0.1, 0.15) is 22.0 Å². The lowest BCUT2D eigenvalue weighted by Crippen LogP contribution is -2.40. The van der Waals surface area contributed by atoms with Gasteiger partial charge in [0.1, 0.15) is 11.6 Å². The summed E-state index contributed by atoms with van der Waals surface area (Å²) in [4.78, 5) is 26.0. The van der Waals surface area contributed by atoms with Crippen LogP contribution in [0.3, 0.4) is 0 Å². The van der Waals surface area contributed by atoms with E-state index in [9.17, 15) is 14.0 Å². The molecule has 0 fully saturated rings. The van der Waals surface area contributed by atoms with Crippen molar-refractivity contribution in [1.29, 1.82) is 0 Å². The molecule has 0 aromatic heterocycles. The van der Waals surface area contributed by atoms with Crippen LogP contribution in [0, 0.1) is 5.82 Å². The summed E-state index contributed by atoms with van der Waals surface area (Å²) in [6.45, 7) is 0.222. The van der Waals surface area contributed by atoms with Crippen LogP contribution in [0.25, 0.3) is 0 Å². The number of nitrogens with zero attached hydrogens (tertiary/aromatic N) is 1. The van der Waals surface area contributed by atoms with E-state index >= 15 is 0 Å². The summed E-state index contributed by atoms with van der Waals surface area (Å²) in [6.07, 6.45) is 0. The standard InChI is InChI=1S/C20H24FN3O3/c1-24(2)18(15-5-4-6-17(11-15)27-3)12-22-19(25)13-23-20(26)14-7-9-16(21)10-8-14/h4-11,18H,12-13H2,1-3H3,(H,22,25)(H,23,26). The number of nitrogens with one attached hydrogen (secondary N) is 2. The molecule has 2 amide bonds. The second-order valence-corrected chi connectivity index (χ2v) is 6.25. The number of methoxy groups -OCH3 is 1. The molecule has 144 valence electrons. The van der Waals surface area contributed by atoms with Gasteiger partial charge in [-0.05, 0) is 56.1 Å². The van der Waals surface area contributed by atoms with Crippen LogP contribution in [0.5, 0.6) is 5.75 Å². The number of amides is 2. The van der Waals surface area contributed by atoms with E-state index < -0.39 is 11.7 Å². The summed E-state index contributed by atoms with van der Waals surface area (Å²) in [7, 11) is 5.45. The summed E-state index contributed by atoms with van der Waals surface area (Å²) in [6, 6.07) is 12.7. The van der Waals surface area contributed by atoms with Gasteiger partial charge in [-0.2, -0.15) is 0 Å². The molecule has 0 bridgehead atoms. The van der Waals surface area contributed by atoms with Crippen molar-refractivity contribution in [2.75, 3.05) is 34.3 Å². The lowest BCUT2D eigenvalue weighted by Gasteiger charge is -2.25. The Morgan fingerprint density at radius 1 is 1.11 bits per heavy atom. The van der Waals surface area contributed by atoms with Gasteiger partial charge in [0.25, 0.3) is 5.91 Å². The van der Waals surface area contributed by atoms with E-state index in [0.29, 0.717) is 12.1 Å². The Kier molecular flexibility index (Phi) is 7.31. The van der Waals surface area contributed by atoms with Gasteiger partial charge in [0, 0.05) is 12.1 Å². The molecule has 2 rings (SSSR count). The monoisotopic (exact) mass is 373 g/mol. The maximum Gasteiger partial charge on any atom is 0.251 e. The first-order valence-corrected chi connectivity index (χ1v) is 8.51. The molecular formula is C20H24FN3O3. The highest BCUT2D eigenvalue weighted by Crippen LogP contribution is 2.22. The number of benzene rings is 2. The van der Waals surface area contributed by atoms with Gasteiger partial charge >= 0.3 is 0 Å². The highest BCUT2D eigenvalue weighted by atomic mass is 19.1. The fraction of sp³-hybridized carbons (Fsp3) is 0.300. The summed E-state index contributed by atoms with van der Waals surface area (Å²) < 4.78 is 18.1. The van der Waals surface area contributed by atoms with Gasteiger partial charge in [-0.3, -0.25) is 9.59 Å². The third kappa shape index (κ3) is 6.07. The number of hydrogen-bond acceptors (Lipinski definition) is 4. The lowest BCUT2D eigenvalue weighted by atomic mass is 10.1. The first-order chi connectivity index (χ1) is 12.9. The quantitative estimate of drug-likeness (QED) is 0.742. The molecule has 7 heteroatoms. The first-order valence-electron chi connectivity index (χ1n) is 8.51. The van der Waals surface area contributed by atoms with E-state index in [4.69, 9.17) is 4.74 Å². The molecule has 0 heterocycles. The molecule has 0 spiro atoms. The number of halogens is 1. The second kappa shape index (κ2) is 9.68. The van der Waals surface area contributed by atoms with Crippen molar-refractivity contribution >= 4 is 11.8 Å². The zero-order valence-electron chi connectivity index (χ0n) is 15.7. The van der Waals surface area contributed by atoms with Crippen LogP contribution in [0.15, 0.2) is 48.5 Å². The summed E-state index contributed by atoms with van der Waals surface area (Å²) in [5.41, 5.74) is 1.31. The minimum Gasteiger partial charge on any atom is -0.497 e. The Morgan fingerprint density at radius 3 is 2.44 bits per heavy atom. The molecule has 0 saturated carbocycles. The molecule has 0 aliphatic rings. The van der Waals surface area contributed by atoms with Gasteiger partial charge in [-0.25, -0.2) is 4.39 Å². The molecular weight excluding hydrogens is 349 g/mol. The zero-order valence-corrected chi connectivity index (χ0v) is 15.7. The van der Waals surface area contributed by atoms with Crippen molar-refractivity contribution < 1.29 is 18.7 Å². The molecule has 1 unspecified atom stereocenters. The first kappa shape index (κ1) is 20.4. The predicted molar refractivity (Wildman–Crippen MR) is 101 cm³/mol. The minimum atomic E-state index is -0.429. The third-order valence-electron chi connectivity index (χ3n) is 4.11. The summed E-state index contributed by atoms with van der Waals surface area (Å²) >= 11 is 0. The predicted octanol–water partition coefficient (Wildman–Crippen LogP) is 1.98. The van der Waals surface area contributed by atoms with Crippen LogP contribution >= 0.6 is 0 Å². The van der Waals surface area contributed by atoms with E-state index in [1.165, 1.54) is 24.3 Å². The van der Waals surface area contributed by atoms with E-state index in [1.807, 2.05) is 43.3 Å². The molecule has 1 atom stereocenters. The highest BCUT2D eigenvalue weighted by molar-refractivity contribution is 5.96. The molecule has 0 aliphatic carbocycles. The SMILES string of the molecule is COc1cccc(C(CNC(=O)CNC(=O)c2ccc(F)cc2)N(C)C)c1. The molecule has 0 saturated heterocycles. The molecule has 6 nitrogen and oxygen atoms in total. The van der Waals surface area contributed by atoms with Crippen molar-refractivity contribution in [1.82, 2.24) is 15.5 Å². The average Bonchev–Trinajstić information content (AvgIpc) is 2.66. The Balaban J connectivity index is 1.88. The van der Waals surface area contributed by atoms with Gasteiger partial charge in [-0.15, -0.1) is 0 Å². The molecule has 27 heavy (non-hydrogen) atoms. The van der Waals surface area contributed by atoms with E-state index in [-0.39, 0.29) is 18.5 Å². The van der Waals surface area contributed by atoms with Crippen molar-refractivity contribution in [2.24, 2.45) is 0 Å². The van der Waals surface area contributed by atoms with Gasteiger partial charge in [0.05, 0.1) is 19.7 Å². The largest absolute Gasteiger partial charge is 0.497 e. The lowest BCUT2D eigenvalue weighted by molar-refractivity contribution is -0.120. The van der Waals surface area contributed by atoms with Gasteiger partial charge in [0.15, 0.2) is 0 Å². The van der Waals surface area contributed by atoms with E-state index in [0.717, 1.165) is 11.3 Å². The smallest absolute Gasteiger partial charge is 0.251 e. The number of carbonyl (C=O) groups is 2. The van der Waals surface area contributed by atoms with Crippen molar-refractivity contribution in [3.63, 3.8) is 0 Å².